The van der Waals surface area contributed by atoms with E-state index in [1.807, 2.05) is 12.1 Å². The van der Waals surface area contributed by atoms with E-state index in [1.54, 1.807) is 6.07 Å². The number of hydrogen-bond acceptors (Lipinski definition) is 7. The smallest absolute Gasteiger partial charge is 0.342 e. The van der Waals surface area contributed by atoms with Crippen molar-refractivity contribution in [2.75, 3.05) is 20.3 Å². The number of fused-ring (bicyclic) bond motifs is 1. The molecule has 1 aromatic carbocycles. The summed E-state index contributed by atoms with van der Waals surface area (Å²) in [5.41, 5.74) is 7.11. The Hall–Kier alpha value is -3.95. The van der Waals surface area contributed by atoms with Crippen molar-refractivity contribution in [3.05, 3.63) is 88.0 Å². The summed E-state index contributed by atoms with van der Waals surface area (Å²) in [4.78, 5) is 19.2. The number of nitrogens with zero attached hydrogens (tertiary/aromatic N) is 4. The van der Waals surface area contributed by atoms with Crippen LogP contribution in [0, 0.1) is 0 Å². The van der Waals surface area contributed by atoms with Crippen molar-refractivity contribution in [1.29, 1.82) is 0 Å². The van der Waals surface area contributed by atoms with Crippen molar-refractivity contribution in [3.63, 3.8) is 0 Å². The molecule has 2 fully saturated rings. The van der Waals surface area contributed by atoms with E-state index in [0.29, 0.717) is 18.5 Å². The highest BCUT2D eigenvalue weighted by Gasteiger charge is 2.40. The molecule has 3 aromatic rings. The van der Waals surface area contributed by atoms with Gasteiger partial charge in [0.2, 0.25) is 5.88 Å². The Labute approximate surface area is 264 Å². The average Bonchev–Trinajstić information content (AvgIpc) is 3.72. The zero-order chi connectivity index (χ0) is 31.0. The lowest BCUT2D eigenvalue weighted by atomic mass is 9.79. The highest BCUT2D eigenvalue weighted by molar-refractivity contribution is 5.90. The van der Waals surface area contributed by atoms with Crippen molar-refractivity contribution in [3.8, 4) is 11.7 Å². The molecule has 0 bridgehead atoms. The second kappa shape index (κ2) is 12.4. The SMILES string of the molecule is COc1c(C(=O)O)cnn1-c1cccc(C2=CCCC(C)=C2OCc2ccc3c(c2)CCN(C2CCC4(CCCO4)CC2)C3)n1. The predicted octanol–water partition coefficient (Wildman–Crippen LogP) is 6.49. The van der Waals surface area contributed by atoms with Gasteiger partial charge in [0.1, 0.15) is 17.9 Å². The minimum absolute atomic E-state index is 0.0135. The Kier molecular flexibility index (Phi) is 8.23. The maximum atomic E-state index is 11.6. The first kappa shape index (κ1) is 29.7. The number of carbonyl (C=O) groups is 1. The molecule has 0 radical (unpaired) electrons. The minimum Gasteiger partial charge on any atom is -0.488 e. The van der Waals surface area contributed by atoms with Crippen LogP contribution in [0.2, 0.25) is 0 Å². The molecule has 4 aliphatic rings. The van der Waals surface area contributed by atoms with E-state index < -0.39 is 5.97 Å². The lowest BCUT2D eigenvalue weighted by Gasteiger charge is -2.43. The fraction of sp³-hybridized carbons (Fsp3) is 0.472. The third-order valence-electron chi connectivity index (χ3n) is 10.1. The first-order valence-electron chi connectivity index (χ1n) is 16.3. The third-order valence-corrected chi connectivity index (χ3v) is 10.1. The molecule has 2 aliphatic carbocycles. The fourth-order valence-corrected chi connectivity index (χ4v) is 7.65. The molecule has 0 atom stereocenters. The lowest BCUT2D eigenvalue weighted by molar-refractivity contribution is -0.0437. The second-order valence-electron chi connectivity index (χ2n) is 12.9. The van der Waals surface area contributed by atoms with Crippen molar-refractivity contribution in [2.45, 2.75) is 89.5 Å². The molecule has 2 aromatic heterocycles. The largest absolute Gasteiger partial charge is 0.488 e. The van der Waals surface area contributed by atoms with Gasteiger partial charge < -0.3 is 19.3 Å². The van der Waals surface area contributed by atoms with Gasteiger partial charge in [-0.15, -0.1) is 0 Å². The van der Waals surface area contributed by atoms with Gasteiger partial charge in [-0.25, -0.2) is 9.78 Å². The summed E-state index contributed by atoms with van der Waals surface area (Å²) in [5, 5.41) is 13.7. The Morgan fingerprint density at radius 2 is 2.00 bits per heavy atom. The zero-order valence-electron chi connectivity index (χ0n) is 26.3. The van der Waals surface area contributed by atoms with Crippen LogP contribution >= 0.6 is 0 Å². The van der Waals surface area contributed by atoms with Gasteiger partial charge in [-0.2, -0.15) is 9.78 Å². The molecule has 0 unspecified atom stereocenters. The van der Waals surface area contributed by atoms with Crippen LogP contribution in [0.1, 0.15) is 91.0 Å². The lowest BCUT2D eigenvalue weighted by Crippen LogP contribution is -2.45. The predicted molar refractivity (Wildman–Crippen MR) is 170 cm³/mol. The molecule has 1 spiro atoms. The topological polar surface area (TPSA) is 98.9 Å². The molecule has 4 heterocycles. The average molecular weight is 611 g/mol. The van der Waals surface area contributed by atoms with E-state index in [-0.39, 0.29) is 17.0 Å². The summed E-state index contributed by atoms with van der Waals surface area (Å²) >= 11 is 0. The van der Waals surface area contributed by atoms with E-state index in [0.717, 1.165) is 56.0 Å². The summed E-state index contributed by atoms with van der Waals surface area (Å²) in [6.45, 7) is 5.70. The van der Waals surface area contributed by atoms with Crippen LogP contribution in [0.4, 0.5) is 0 Å². The van der Waals surface area contributed by atoms with Crippen LogP contribution in [0.25, 0.3) is 11.4 Å². The van der Waals surface area contributed by atoms with Gasteiger partial charge in [-0.3, -0.25) is 4.90 Å². The molecule has 1 saturated carbocycles. The summed E-state index contributed by atoms with van der Waals surface area (Å²) in [7, 11) is 1.43. The molecule has 1 N–H and O–H groups in total. The van der Waals surface area contributed by atoms with E-state index in [4.69, 9.17) is 19.2 Å². The highest BCUT2D eigenvalue weighted by atomic mass is 16.5. The number of carboxylic acids is 1. The number of rotatable bonds is 8. The number of allylic oxidation sites excluding steroid dienone is 3. The standard InChI is InChI=1S/C36H42N4O5/c1-24-6-3-7-29(31-8-4-9-32(38-31)40-34(43-2)30(21-37-40)35(41)42)33(24)44-23-25-10-11-27-22-39(18-14-26(27)20-25)28-12-16-36(17-13-28)15-5-19-45-36/h4,7-11,20-21,28H,3,5-6,12-19,22-23H2,1-2H3,(H,41,42). The van der Waals surface area contributed by atoms with Crippen molar-refractivity contribution in [1.82, 2.24) is 19.7 Å². The minimum atomic E-state index is -1.10. The summed E-state index contributed by atoms with van der Waals surface area (Å²) in [5.74, 6) is 0.363. The monoisotopic (exact) mass is 610 g/mol. The number of carboxylic acid groups (broad SMARTS) is 1. The zero-order valence-corrected chi connectivity index (χ0v) is 26.3. The molecule has 236 valence electrons. The van der Waals surface area contributed by atoms with Crippen LogP contribution < -0.4 is 4.74 Å². The summed E-state index contributed by atoms with van der Waals surface area (Å²) < 4.78 is 19.5. The Balaban J connectivity index is 1.03. The molecule has 7 rings (SSSR count). The van der Waals surface area contributed by atoms with E-state index >= 15 is 0 Å². The molecule has 1 saturated heterocycles. The molecular formula is C36H42N4O5. The fourth-order valence-electron chi connectivity index (χ4n) is 7.65. The summed E-state index contributed by atoms with van der Waals surface area (Å²) in [6.07, 6.45) is 13.8. The first-order valence-corrected chi connectivity index (χ1v) is 16.3. The number of aromatic nitrogens is 3. The van der Waals surface area contributed by atoms with Gasteiger partial charge in [0.05, 0.1) is 24.6 Å². The van der Waals surface area contributed by atoms with Crippen LogP contribution in [0.5, 0.6) is 5.88 Å². The van der Waals surface area contributed by atoms with Gasteiger partial charge >= 0.3 is 5.97 Å². The summed E-state index contributed by atoms with van der Waals surface area (Å²) in [6, 6.07) is 13.1. The number of pyridine rings is 1. The van der Waals surface area contributed by atoms with Gasteiger partial charge in [0.25, 0.3) is 0 Å². The van der Waals surface area contributed by atoms with Gasteiger partial charge in [-0.05, 0) is 99.1 Å². The Morgan fingerprint density at radius 1 is 1.13 bits per heavy atom. The van der Waals surface area contributed by atoms with E-state index in [9.17, 15) is 9.90 Å². The Bertz CT molecular complexity index is 1640. The number of benzene rings is 1. The van der Waals surface area contributed by atoms with Crippen LogP contribution in [-0.2, 0) is 29.0 Å². The number of methoxy groups -OCH3 is 1. The normalized spacial score (nSPS) is 23.6. The quantitative estimate of drug-likeness (QED) is 0.309. The maximum absolute atomic E-state index is 11.6. The highest BCUT2D eigenvalue weighted by Crippen LogP contribution is 2.41. The van der Waals surface area contributed by atoms with Crippen LogP contribution in [0.3, 0.4) is 0 Å². The number of aromatic carboxylic acids is 1. The van der Waals surface area contributed by atoms with Crippen molar-refractivity contribution < 1.29 is 24.1 Å². The molecule has 9 heteroatoms. The van der Waals surface area contributed by atoms with Gasteiger partial charge in [0.15, 0.2) is 5.82 Å². The molecule has 9 nitrogen and oxygen atoms in total. The molecule has 0 amide bonds. The molecule has 2 aliphatic heterocycles. The van der Waals surface area contributed by atoms with Crippen molar-refractivity contribution in [2.24, 2.45) is 0 Å². The van der Waals surface area contributed by atoms with Gasteiger partial charge in [-0.1, -0.05) is 30.3 Å². The number of hydrogen-bond donors (Lipinski definition) is 1. The Morgan fingerprint density at radius 3 is 2.78 bits per heavy atom. The van der Waals surface area contributed by atoms with Gasteiger partial charge in [0, 0.05) is 31.3 Å². The third kappa shape index (κ3) is 5.91. The molecular weight excluding hydrogens is 568 g/mol. The van der Waals surface area contributed by atoms with Crippen molar-refractivity contribution >= 4 is 11.5 Å². The number of ether oxygens (including phenoxy) is 3. The van der Waals surface area contributed by atoms with Crippen LogP contribution in [-0.4, -0.2) is 62.6 Å². The van der Waals surface area contributed by atoms with E-state index in [1.165, 1.54) is 78.8 Å². The second-order valence-corrected chi connectivity index (χ2v) is 12.9. The van der Waals surface area contributed by atoms with Crippen LogP contribution in [0.15, 0.2) is 60.0 Å². The van der Waals surface area contributed by atoms with E-state index in [2.05, 4.69) is 41.2 Å². The maximum Gasteiger partial charge on any atom is 0.342 e. The molecule has 45 heavy (non-hydrogen) atoms. The first-order chi connectivity index (χ1) is 21.9.